The van der Waals surface area contributed by atoms with E-state index in [4.69, 9.17) is 0 Å². The number of fused-ring (bicyclic) bond motifs is 1. The summed E-state index contributed by atoms with van der Waals surface area (Å²) in [6.45, 7) is 2.25. The van der Waals surface area contributed by atoms with E-state index in [9.17, 15) is 0 Å². The lowest BCUT2D eigenvalue weighted by molar-refractivity contribution is 0.830. The second-order valence-electron chi connectivity index (χ2n) is 3.40. The van der Waals surface area contributed by atoms with Crippen molar-refractivity contribution in [2.24, 2.45) is 0 Å². The van der Waals surface area contributed by atoms with Crippen molar-refractivity contribution in [3.63, 3.8) is 0 Å². The Morgan fingerprint density at radius 3 is 2.92 bits per heavy atom. The summed E-state index contributed by atoms with van der Waals surface area (Å²) >= 11 is 0. The van der Waals surface area contributed by atoms with Crippen molar-refractivity contribution >= 4 is 19.7 Å². The van der Waals surface area contributed by atoms with Crippen LogP contribution in [0.1, 0.15) is 26.2 Å². The maximum absolute atomic E-state index is 2.32. The van der Waals surface area contributed by atoms with Crippen LogP contribution >= 0.6 is 8.58 Å². The normalized spacial score (nSPS) is 15.9. The molecule has 0 aromatic heterocycles. The van der Waals surface area contributed by atoms with Crippen LogP contribution in [0.5, 0.6) is 0 Å². The molecule has 1 aromatic rings. The van der Waals surface area contributed by atoms with E-state index in [1.54, 1.807) is 5.31 Å². The van der Waals surface area contributed by atoms with Crippen molar-refractivity contribution in [3.8, 4) is 0 Å². The Hall–Kier alpha value is -0.610. The van der Waals surface area contributed by atoms with Crippen LogP contribution in [0.25, 0.3) is 11.1 Å². The zero-order valence-corrected chi connectivity index (χ0v) is 8.85. The average Bonchev–Trinajstić information content (AvgIpc) is 2.58. The second kappa shape index (κ2) is 4.07. The van der Waals surface area contributed by atoms with Crippen LogP contribution in [0.4, 0.5) is 0 Å². The van der Waals surface area contributed by atoms with Gasteiger partial charge in [-0.2, -0.15) is 0 Å². The van der Waals surface area contributed by atoms with Gasteiger partial charge in [-0.05, 0) is 43.0 Å². The average molecular weight is 189 g/mol. The molecule has 1 aliphatic heterocycles. The molecule has 0 aliphatic carbocycles. The highest BCUT2D eigenvalue weighted by molar-refractivity contribution is 7.58. The van der Waals surface area contributed by atoms with Crippen molar-refractivity contribution in [3.05, 3.63) is 34.7 Å². The number of rotatable bonds is 3. The lowest BCUT2D eigenvalue weighted by atomic mass is 10.2. The first-order valence-corrected chi connectivity index (χ1v) is 5.87. The largest absolute Gasteiger partial charge is 0.0654 e. The predicted octanol–water partition coefficient (Wildman–Crippen LogP) is 2.68. The lowest BCUT2D eigenvalue weighted by Crippen LogP contribution is -2.21. The Kier molecular flexibility index (Phi) is 2.80. The number of hydrogen-bond donors (Lipinski definition) is 0. The molecule has 0 amide bonds. The summed E-state index contributed by atoms with van der Waals surface area (Å²) in [5.41, 5.74) is 0. The molecular formula is C12H14P. The Labute approximate surface area is 81.2 Å². The quantitative estimate of drug-likeness (QED) is 0.641. The Bertz CT molecular complexity index is 403. The van der Waals surface area contributed by atoms with Crippen LogP contribution in [0.3, 0.4) is 0 Å². The number of hydrogen-bond acceptors (Lipinski definition) is 0. The molecule has 2 rings (SSSR count). The minimum Gasteiger partial charge on any atom is -0.0654 e. The molecule has 0 atom stereocenters. The minimum atomic E-state index is 1.27. The minimum absolute atomic E-state index is 1.27. The van der Waals surface area contributed by atoms with Gasteiger partial charge in [-0.3, -0.25) is 0 Å². The van der Waals surface area contributed by atoms with Crippen molar-refractivity contribution in [1.29, 1.82) is 0 Å². The molecule has 0 saturated carbocycles. The molecule has 1 aromatic carbocycles. The second-order valence-corrected chi connectivity index (χ2v) is 4.45. The topological polar surface area (TPSA) is 0 Å². The lowest BCUT2D eigenvalue weighted by Gasteiger charge is -1.98. The smallest absolute Gasteiger partial charge is 0.0140 e. The fourth-order valence-corrected chi connectivity index (χ4v) is 2.78. The van der Waals surface area contributed by atoms with Gasteiger partial charge in [0.15, 0.2) is 0 Å². The van der Waals surface area contributed by atoms with Crippen LogP contribution in [0.15, 0.2) is 24.3 Å². The van der Waals surface area contributed by atoms with Crippen LogP contribution in [0.2, 0.25) is 0 Å². The Morgan fingerprint density at radius 1 is 1.23 bits per heavy atom. The summed E-state index contributed by atoms with van der Waals surface area (Å²) in [5, 5.41) is 4.52. The van der Waals surface area contributed by atoms with E-state index in [2.05, 4.69) is 37.0 Å². The van der Waals surface area contributed by atoms with Crippen LogP contribution in [-0.2, 0) is 0 Å². The van der Waals surface area contributed by atoms with Gasteiger partial charge in [0.1, 0.15) is 0 Å². The fourth-order valence-electron chi connectivity index (χ4n) is 1.63. The molecule has 13 heavy (non-hydrogen) atoms. The standard InChI is InChI=1S/C12H14P/c1-2-3-8-12-11-7-5-4-6-10(11)9-13-12/h4-7,9H,2-3,8H2,1H3. The molecule has 0 fully saturated rings. The third kappa shape index (κ3) is 1.84. The van der Waals surface area contributed by atoms with E-state index in [0.717, 1.165) is 0 Å². The highest BCUT2D eigenvalue weighted by atomic mass is 31.1. The van der Waals surface area contributed by atoms with Crippen molar-refractivity contribution in [2.45, 2.75) is 26.2 Å². The first-order valence-electron chi connectivity index (χ1n) is 4.91. The van der Waals surface area contributed by atoms with E-state index < -0.39 is 0 Å². The molecule has 0 N–H and O–H groups in total. The van der Waals surface area contributed by atoms with Gasteiger partial charge in [-0.25, -0.2) is 0 Å². The summed E-state index contributed by atoms with van der Waals surface area (Å²) in [6.07, 6.45) is 3.89. The summed E-state index contributed by atoms with van der Waals surface area (Å²) in [6, 6.07) is 8.71. The highest BCUT2D eigenvalue weighted by Gasteiger charge is 2.03. The summed E-state index contributed by atoms with van der Waals surface area (Å²) < 4.78 is 0. The Balaban J connectivity index is 2.37. The molecule has 1 heteroatoms. The molecule has 0 unspecified atom stereocenters. The maximum Gasteiger partial charge on any atom is -0.0140 e. The molecule has 1 heterocycles. The van der Waals surface area contributed by atoms with Crippen LogP contribution in [0, 0.1) is 0 Å². The molecule has 1 radical (unpaired) electrons. The van der Waals surface area contributed by atoms with E-state index in [0.29, 0.717) is 0 Å². The Morgan fingerprint density at radius 2 is 2.08 bits per heavy atom. The third-order valence-corrected chi connectivity index (χ3v) is 3.58. The van der Waals surface area contributed by atoms with Gasteiger partial charge in [-0.1, -0.05) is 37.6 Å². The fraction of sp³-hybridized carbons (Fsp3) is 0.333. The van der Waals surface area contributed by atoms with E-state index in [1.807, 2.05) is 0 Å². The molecule has 0 spiro atoms. The molecule has 0 bridgehead atoms. The van der Waals surface area contributed by atoms with Gasteiger partial charge < -0.3 is 0 Å². The maximum atomic E-state index is 2.32. The van der Waals surface area contributed by atoms with E-state index in [-0.39, 0.29) is 0 Å². The molecule has 0 nitrogen and oxygen atoms in total. The predicted molar refractivity (Wildman–Crippen MR) is 60.0 cm³/mol. The van der Waals surface area contributed by atoms with Gasteiger partial charge >= 0.3 is 0 Å². The highest BCUT2D eigenvalue weighted by Crippen LogP contribution is 2.31. The van der Waals surface area contributed by atoms with E-state index >= 15 is 0 Å². The van der Waals surface area contributed by atoms with Gasteiger partial charge in [-0.15, -0.1) is 0 Å². The van der Waals surface area contributed by atoms with Crippen LogP contribution in [-0.4, -0.2) is 0 Å². The first kappa shape index (κ1) is 8.97. The van der Waals surface area contributed by atoms with Gasteiger partial charge in [0, 0.05) is 0 Å². The summed E-state index contributed by atoms with van der Waals surface area (Å²) in [4.78, 5) is 0. The number of unbranched alkanes of at least 4 members (excludes halogenated alkanes) is 1. The molecular weight excluding hydrogens is 175 g/mol. The van der Waals surface area contributed by atoms with Crippen molar-refractivity contribution < 1.29 is 0 Å². The monoisotopic (exact) mass is 189 g/mol. The van der Waals surface area contributed by atoms with Gasteiger partial charge in [0.25, 0.3) is 0 Å². The third-order valence-electron chi connectivity index (χ3n) is 2.40. The van der Waals surface area contributed by atoms with Gasteiger partial charge in [0.2, 0.25) is 0 Å². The van der Waals surface area contributed by atoms with Crippen LogP contribution < -0.4 is 10.4 Å². The van der Waals surface area contributed by atoms with E-state index in [1.165, 1.54) is 38.3 Å². The summed E-state index contributed by atoms with van der Waals surface area (Å²) in [7, 11) is 1.42. The zero-order chi connectivity index (χ0) is 9.10. The van der Waals surface area contributed by atoms with Crippen molar-refractivity contribution in [1.82, 2.24) is 0 Å². The molecule has 67 valence electrons. The first-order chi connectivity index (χ1) is 6.42. The zero-order valence-electron chi connectivity index (χ0n) is 7.96. The molecule has 1 aliphatic rings. The number of benzene rings is 1. The summed E-state index contributed by atoms with van der Waals surface area (Å²) in [5.74, 6) is 2.32. The van der Waals surface area contributed by atoms with Crippen molar-refractivity contribution in [2.75, 3.05) is 0 Å². The molecule has 0 saturated heterocycles. The van der Waals surface area contributed by atoms with Gasteiger partial charge in [0.05, 0.1) is 0 Å². The SMILES string of the molecule is CCCCC1=c2ccccc2=C[P]1.